The van der Waals surface area contributed by atoms with E-state index in [-0.39, 0.29) is 17.9 Å². The highest BCUT2D eigenvalue weighted by Crippen LogP contribution is 2.24. The minimum absolute atomic E-state index is 0.00500. The summed E-state index contributed by atoms with van der Waals surface area (Å²) in [6.45, 7) is 5.25. The molecule has 0 atom stereocenters. The molecule has 1 saturated heterocycles. The van der Waals surface area contributed by atoms with Crippen LogP contribution < -0.4 is 10.1 Å². The minimum atomic E-state index is -0.351. The van der Waals surface area contributed by atoms with Crippen LogP contribution in [0.1, 0.15) is 47.4 Å². The molecule has 2 heterocycles. The van der Waals surface area contributed by atoms with Crippen molar-refractivity contribution in [1.29, 1.82) is 0 Å². The molecule has 0 bridgehead atoms. The van der Waals surface area contributed by atoms with Gasteiger partial charge in [-0.15, -0.1) is 0 Å². The van der Waals surface area contributed by atoms with Crippen molar-refractivity contribution in [2.75, 3.05) is 18.4 Å². The van der Waals surface area contributed by atoms with Gasteiger partial charge in [-0.25, -0.2) is 4.98 Å². The number of anilines is 1. The van der Waals surface area contributed by atoms with E-state index in [1.54, 1.807) is 35.2 Å². The lowest BCUT2D eigenvalue weighted by molar-refractivity contribution is 0.0794. The number of pyridine rings is 1. The molecule has 3 rings (SSSR count). The summed E-state index contributed by atoms with van der Waals surface area (Å²) in [6, 6.07) is 8.17. The fraction of sp³-hybridized carbons (Fsp3) is 0.350. The topological polar surface area (TPSA) is 71.5 Å². The van der Waals surface area contributed by atoms with E-state index in [2.05, 4.69) is 10.3 Å². The highest BCUT2D eigenvalue weighted by molar-refractivity contribution is 6.31. The number of nitrogens with zero attached hydrogens (tertiary/aromatic N) is 2. The number of hydrogen-bond donors (Lipinski definition) is 1. The fourth-order valence-corrected chi connectivity index (χ4v) is 3.09. The largest absolute Gasteiger partial charge is 0.475 e. The Morgan fingerprint density at radius 2 is 1.93 bits per heavy atom. The number of carbonyl (C=O) groups excluding carboxylic acids is 2. The Morgan fingerprint density at radius 1 is 1.19 bits per heavy atom. The second kappa shape index (κ2) is 8.39. The molecule has 0 radical (unpaired) electrons. The number of amides is 2. The van der Waals surface area contributed by atoms with Crippen LogP contribution in [0, 0.1) is 0 Å². The maximum atomic E-state index is 12.8. The summed E-state index contributed by atoms with van der Waals surface area (Å²) in [6.07, 6.45) is 3.44. The van der Waals surface area contributed by atoms with E-state index in [4.69, 9.17) is 16.3 Å². The van der Waals surface area contributed by atoms with Gasteiger partial charge in [0.25, 0.3) is 11.8 Å². The van der Waals surface area contributed by atoms with Crippen LogP contribution >= 0.6 is 11.6 Å². The average Bonchev–Trinajstić information content (AvgIpc) is 3.17. The molecule has 2 aromatic rings. The van der Waals surface area contributed by atoms with Crippen molar-refractivity contribution < 1.29 is 14.3 Å². The fourth-order valence-electron chi connectivity index (χ4n) is 2.91. The van der Waals surface area contributed by atoms with Crippen molar-refractivity contribution in [1.82, 2.24) is 9.88 Å². The summed E-state index contributed by atoms with van der Waals surface area (Å²) in [5.74, 6) is -0.0153. The molecule has 1 N–H and O–H groups in total. The van der Waals surface area contributed by atoms with Crippen LogP contribution in [-0.4, -0.2) is 40.9 Å². The zero-order valence-electron chi connectivity index (χ0n) is 15.4. The first kappa shape index (κ1) is 19.2. The number of aromatic nitrogens is 1. The first-order chi connectivity index (χ1) is 12.9. The van der Waals surface area contributed by atoms with Gasteiger partial charge >= 0.3 is 0 Å². The summed E-state index contributed by atoms with van der Waals surface area (Å²) in [7, 11) is 0. The molecule has 0 unspecified atom stereocenters. The predicted octanol–water partition coefficient (Wildman–Crippen LogP) is 4.01. The van der Waals surface area contributed by atoms with Crippen LogP contribution in [0.3, 0.4) is 0 Å². The molecule has 6 nitrogen and oxygen atoms in total. The molecule has 0 aliphatic carbocycles. The summed E-state index contributed by atoms with van der Waals surface area (Å²) in [4.78, 5) is 31.3. The number of benzene rings is 1. The van der Waals surface area contributed by atoms with Gasteiger partial charge in [0, 0.05) is 30.4 Å². The maximum Gasteiger partial charge on any atom is 0.257 e. The number of hydrogen-bond acceptors (Lipinski definition) is 4. The van der Waals surface area contributed by atoms with E-state index in [1.165, 1.54) is 6.20 Å². The third-order valence-corrected chi connectivity index (χ3v) is 4.44. The summed E-state index contributed by atoms with van der Waals surface area (Å²) < 4.78 is 5.48. The number of ether oxygens (including phenoxy) is 1. The standard InChI is InChI=1S/C20H22ClN3O3/c1-13(2)27-18-8-5-14(12-22-18)19(25)23-17-7-6-15(21)11-16(17)20(26)24-9-3-4-10-24/h5-8,11-13H,3-4,9-10H2,1-2H3,(H,23,25). The Kier molecular flexibility index (Phi) is 5.96. The van der Waals surface area contributed by atoms with Gasteiger partial charge in [0.2, 0.25) is 5.88 Å². The van der Waals surface area contributed by atoms with E-state index < -0.39 is 0 Å². The van der Waals surface area contributed by atoms with E-state index >= 15 is 0 Å². The molecule has 142 valence electrons. The molecule has 0 spiro atoms. The first-order valence-corrected chi connectivity index (χ1v) is 9.34. The molecule has 0 saturated carbocycles. The van der Waals surface area contributed by atoms with Gasteiger partial charge in [0.15, 0.2) is 0 Å². The van der Waals surface area contributed by atoms with Crippen molar-refractivity contribution in [2.24, 2.45) is 0 Å². The number of likely N-dealkylation sites (tertiary alicyclic amines) is 1. The third-order valence-electron chi connectivity index (χ3n) is 4.21. The maximum absolute atomic E-state index is 12.8. The van der Waals surface area contributed by atoms with Crippen LogP contribution in [0.2, 0.25) is 5.02 Å². The highest BCUT2D eigenvalue weighted by Gasteiger charge is 2.23. The van der Waals surface area contributed by atoms with Gasteiger partial charge in [-0.05, 0) is 51.0 Å². The van der Waals surface area contributed by atoms with Crippen LogP contribution in [0.25, 0.3) is 0 Å². The number of halogens is 1. The zero-order chi connectivity index (χ0) is 19.4. The Hall–Kier alpha value is -2.60. The van der Waals surface area contributed by atoms with E-state index in [0.29, 0.717) is 27.7 Å². The lowest BCUT2D eigenvalue weighted by Gasteiger charge is -2.18. The molecule has 1 aliphatic heterocycles. The number of nitrogens with one attached hydrogen (secondary N) is 1. The Balaban J connectivity index is 1.78. The van der Waals surface area contributed by atoms with Crippen molar-refractivity contribution in [3.63, 3.8) is 0 Å². The Labute approximate surface area is 163 Å². The van der Waals surface area contributed by atoms with Crippen molar-refractivity contribution in [3.8, 4) is 5.88 Å². The Bertz CT molecular complexity index is 831. The van der Waals surface area contributed by atoms with Gasteiger partial charge in [0.1, 0.15) is 0 Å². The molecule has 1 aliphatic rings. The third kappa shape index (κ3) is 4.77. The average molecular weight is 388 g/mol. The van der Waals surface area contributed by atoms with Crippen LogP contribution in [0.4, 0.5) is 5.69 Å². The normalized spacial score (nSPS) is 13.7. The molecule has 1 aromatic heterocycles. The van der Waals surface area contributed by atoms with Gasteiger partial charge in [-0.2, -0.15) is 0 Å². The minimum Gasteiger partial charge on any atom is -0.475 e. The Morgan fingerprint density at radius 3 is 2.56 bits per heavy atom. The molecule has 7 heteroatoms. The second-order valence-corrected chi connectivity index (χ2v) is 7.13. The summed E-state index contributed by atoms with van der Waals surface area (Å²) >= 11 is 6.07. The predicted molar refractivity (Wildman–Crippen MR) is 105 cm³/mol. The highest BCUT2D eigenvalue weighted by atomic mass is 35.5. The van der Waals surface area contributed by atoms with E-state index in [1.807, 2.05) is 13.8 Å². The smallest absolute Gasteiger partial charge is 0.257 e. The quantitative estimate of drug-likeness (QED) is 0.841. The van der Waals surface area contributed by atoms with Gasteiger partial charge in [0.05, 0.1) is 22.9 Å². The molecule has 1 aromatic carbocycles. The van der Waals surface area contributed by atoms with Gasteiger partial charge in [-0.1, -0.05) is 11.6 Å². The van der Waals surface area contributed by atoms with Crippen molar-refractivity contribution in [2.45, 2.75) is 32.8 Å². The molecule has 2 amide bonds. The van der Waals surface area contributed by atoms with Crippen LogP contribution in [0.15, 0.2) is 36.5 Å². The van der Waals surface area contributed by atoms with Crippen molar-refractivity contribution >= 4 is 29.1 Å². The SMILES string of the molecule is CC(C)Oc1ccc(C(=O)Nc2ccc(Cl)cc2C(=O)N2CCCC2)cn1. The number of rotatable bonds is 5. The van der Waals surface area contributed by atoms with E-state index in [0.717, 1.165) is 25.9 Å². The summed E-state index contributed by atoms with van der Waals surface area (Å²) in [5.41, 5.74) is 1.20. The zero-order valence-corrected chi connectivity index (χ0v) is 16.1. The lowest BCUT2D eigenvalue weighted by atomic mass is 10.1. The lowest BCUT2D eigenvalue weighted by Crippen LogP contribution is -2.29. The number of carbonyl (C=O) groups is 2. The second-order valence-electron chi connectivity index (χ2n) is 6.70. The van der Waals surface area contributed by atoms with Gasteiger partial charge < -0.3 is 15.0 Å². The van der Waals surface area contributed by atoms with Crippen molar-refractivity contribution in [3.05, 3.63) is 52.7 Å². The molecular formula is C20H22ClN3O3. The van der Waals surface area contributed by atoms with Crippen LogP contribution in [0.5, 0.6) is 5.88 Å². The monoisotopic (exact) mass is 387 g/mol. The molecular weight excluding hydrogens is 366 g/mol. The first-order valence-electron chi connectivity index (χ1n) is 8.97. The van der Waals surface area contributed by atoms with Gasteiger partial charge in [-0.3, -0.25) is 9.59 Å². The molecule has 1 fully saturated rings. The van der Waals surface area contributed by atoms with E-state index in [9.17, 15) is 9.59 Å². The summed E-state index contributed by atoms with van der Waals surface area (Å²) in [5, 5.41) is 3.24. The molecule has 27 heavy (non-hydrogen) atoms. The van der Waals surface area contributed by atoms with Crippen LogP contribution in [-0.2, 0) is 0 Å².